The molecule has 7 heteroatoms. The molecule has 4 nitrogen and oxygen atoms in total. The first-order valence-electron chi connectivity index (χ1n) is 6.80. The van der Waals surface area contributed by atoms with Gasteiger partial charge in [-0.3, -0.25) is 0 Å². The summed E-state index contributed by atoms with van der Waals surface area (Å²) >= 11 is 0. The van der Waals surface area contributed by atoms with Crippen molar-refractivity contribution in [2.45, 2.75) is 12.2 Å². The molecule has 0 aromatic heterocycles. The van der Waals surface area contributed by atoms with E-state index in [0.717, 1.165) is 17.7 Å². The maximum atomic E-state index is 12.5. The van der Waals surface area contributed by atoms with E-state index < -0.39 is 23.8 Å². The van der Waals surface area contributed by atoms with Gasteiger partial charge in [0.1, 0.15) is 0 Å². The van der Waals surface area contributed by atoms with Crippen LogP contribution in [0, 0.1) is 0 Å². The maximum Gasteiger partial charge on any atom is 0.416 e. The van der Waals surface area contributed by atoms with Gasteiger partial charge in [-0.1, -0.05) is 30.3 Å². The van der Waals surface area contributed by atoms with Gasteiger partial charge in [-0.05, 0) is 29.8 Å². The largest absolute Gasteiger partial charge is 0.416 e. The van der Waals surface area contributed by atoms with E-state index in [0.29, 0.717) is 0 Å². The molecule has 2 aromatic rings. The molecule has 23 heavy (non-hydrogen) atoms. The number of hydrogen-bond acceptors (Lipinski definition) is 2. The lowest BCUT2D eigenvalue weighted by Gasteiger charge is -2.17. The minimum Gasteiger partial charge on any atom is -0.394 e. The molecule has 0 saturated carbocycles. The van der Waals surface area contributed by atoms with Gasteiger partial charge in [-0.2, -0.15) is 13.2 Å². The third kappa shape index (κ3) is 4.72. The van der Waals surface area contributed by atoms with Gasteiger partial charge in [-0.15, -0.1) is 0 Å². The molecule has 0 aliphatic heterocycles. The zero-order valence-corrected chi connectivity index (χ0v) is 12.0. The van der Waals surface area contributed by atoms with Crippen LogP contribution in [0.2, 0.25) is 0 Å². The van der Waals surface area contributed by atoms with E-state index in [1.165, 1.54) is 12.1 Å². The number of carbonyl (C=O) groups is 1. The van der Waals surface area contributed by atoms with E-state index in [9.17, 15) is 23.1 Å². The van der Waals surface area contributed by atoms with Crippen LogP contribution in [0.1, 0.15) is 17.2 Å². The van der Waals surface area contributed by atoms with Gasteiger partial charge in [-0.25, -0.2) is 4.79 Å². The molecule has 2 amide bonds. The lowest BCUT2D eigenvalue weighted by molar-refractivity contribution is -0.137. The average molecular weight is 324 g/mol. The Morgan fingerprint density at radius 2 is 1.65 bits per heavy atom. The Hall–Kier alpha value is -2.54. The number of anilines is 1. The fraction of sp³-hybridized carbons (Fsp3) is 0.188. The van der Waals surface area contributed by atoms with Gasteiger partial charge < -0.3 is 15.7 Å². The van der Waals surface area contributed by atoms with Crippen LogP contribution in [0.3, 0.4) is 0 Å². The topological polar surface area (TPSA) is 61.4 Å². The molecule has 0 aliphatic carbocycles. The number of urea groups is 1. The van der Waals surface area contributed by atoms with Crippen molar-refractivity contribution in [2.75, 3.05) is 11.9 Å². The van der Waals surface area contributed by atoms with Crippen LogP contribution in [0.4, 0.5) is 23.7 Å². The van der Waals surface area contributed by atoms with E-state index in [2.05, 4.69) is 10.6 Å². The third-order valence-corrected chi connectivity index (χ3v) is 3.16. The Morgan fingerprint density at radius 1 is 1.04 bits per heavy atom. The second-order valence-electron chi connectivity index (χ2n) is 4.82. The van der Waals surface area contributed by atoms with Crippen molar-refractivity contribution in [3.63, 3.8) is 0 Å². The van der Waals surface area contributed by atoms with E-state index in [1.54, 1.807) is 30.3 Å². The van der Waals surface area contributed by atoms with Gasteiger partial charge in [0.2, 0.25) is 0 Å². The summed E-state index contributed by atoms with van der Waals surface area (Å²) in [6.07, 6.45) is -4.42. The van der Waals surface area contributed by atoms with Crippen LogP contribution >= 0.6 is 0 Å². The molecule has 0 fully saturated rings. The number of aliphatic hydroxyl groups is 1. The second-order valence-corrected chi connectivity index (χ2v) is 4.82. The molecular formula is C16H15F3N2O2. The molecule has 3 N–H and O–H groups in total. The number of carbonyl (C=O) groups excluding carboxylic acids is 1. The predicted octanol–water partition coefficient (Wildman–Crippen LogP) is 3.56. The van der Waals surface area contributed by atoms with E-state index in [-0.39, 0.29) is 12.3 Å². The summed E-state index contributed by atoms with van der Waals surface area (Å²) in [6.45, 7) is -0.301. The Labute approximate surface area is 131 Å². The highest BCUT2D eigenvalue weighted by molar-refractivity contribution is 5.89. The fourth-order valence-corrected chi connectivity index (χ4v) is 1.99. The van der Waals surface area contributed by atoms with Crippen molar-refractivity contribution in [1.82, 2.24) is 5.32 Å². The van der Waals surface area contributed by atoms with Crippen LogP contribution in [0.25, 0.3) is 0 Å². The van der Waals surface area contributed by atoms with E-state index in [1.807, 2.05) is 0 Å². The van der Waals surface area contributed by atoms with Crippen molar-refractivity contribution in [3.05, 3.63) is 65.7 Å². The van der Waals surface area contributed by atoms with Crippen LogP contribution in [0.15, 0.2) is 54.6 Å². The summed E-state index contributed by atoms with van der Waals surface area (Å²) in [7, 11) is 0. The lowest BCUT2D eigenvalue weighted by Crippen LogP contribution is -2.34. The van der Waals surface area contributed by atoms with Gasteiger partial charge in [0, 0.05) is 5.69 Å². The van der Waals surface area contributed by atoms with Crippen LogP contribution in [-0.4, -0.2) is 17.7 Å². The minimum atomic E-state index is -4.42. The van der Waals surface area contributed by atoms with Crippen molar-refractivity contribution < 1.29 is 23.1 Å². The highest BCUT2D eigenvalue weighted by Gasteiger charge is 2.30. The van der Waals surface area contributed by atoms with Crippen LogP contribution in [0.5, 0.6) is 0 Å². The predicted molar refractivity (Wildman–Crippen MR) is 79.9 cm³/mol. The molecule has 2 aromatic carbocycles. The molecule has 0 bridgehead atoms. The Bertz CT molecular complexity index is 643. The van der Waals surface area contributed by atoms with Gasteiger partial charge in [0.15, 0.2) is 0 Å². The number of alkyl halides is 3. The Balaban J connectivity index is 1.99. The molecule has 0 heterocycles. The first-order chi connectivity index (χ1) is 10.9. The smallest absolute Gasteiger partial charge is 0.394 e. The molecule has 2 rings (SSSR count). The molecule has 0 aliphatic rings. The molecule has 0 radical (unpaired) electrons. The fourth-order valence-electron chi connectivity index (χ4n) is 1.99. The van der Waals surface area contributed by atoms with Crippen molar-refractivity contribution in [2.24, 2.45) is 0 Å². The SMILES string of the molecule is O=C(Nc1ccc(C(F)(F)F)cc1)NC(CO)c1ccccc1. The Kier molecular flexibility index (Phi) is 5.23. The first kappa shape index (κ1) is 16.8. The maximum absolute atomic E-state index is 12.5. The number of amides is 2. The number of benzene rings is 2. The number of nitrogens with one attached hydrogen (secondary N) is 2. The summed E-state index contributed by atoms with van der Waals surface area (Å²) in [4.78, 5) is 11.9. The molecule has 0 saturated heterocycles. The van der Waals surface area contributed by atoms with E-state index in [4.69, 9.17) is 0 Å². The average Bonchev–Trinajstić information content (AvgIpc) is 2.53. The Morgan fingerprint density at radius 3 is 2.17 bits per heavy atom. The molecular weight excluding hydrogens is 309 g/mol. The quantitative estimate of drug-likeness (QED) is 0.805. The van der Waals surface area contributed by atoms with Crippen molar-refractivity contribution in [1.29, 1.82) is 0 Å². The summed E-state index contributed by atoms with van der Waals surface area (Å²) in [6, 6.07) is 11.7. The molecule has 1 atom stereocenters. The molecule has 122 valence electrons. The zero-order valence-electron chi connectivity index (χ0n) is 12.0. The number of hydrogen-bond donors (Lipinski definition) is 3. The number of aliphatic hydroxyl groups excluding tert-OH is 1. The third-order valence-electron chi connectivity index (χ3n) is 3.16. The van der Waals surface area contributed by atoms with E-state index >= 15 is 0 Å². The summed E-state index contributed by atoms with van der Waals surface area (Å²) < 4.78 is 37.4. The number of halogens is 3. The van der Waals surface area contributed by atoms with Crippen LogP contribution < -0.4 is 10.6 Å². The summed E-state index contributed by atoms with van der Waals surface area (Å²) in [5, 5.41) is 14.3. The molecule has 1 unspecified atom stereocenters. The standard InChI is InChI=1S/C16H15F3N2O2/c17-16(18,19)12-6-8-13(9-7-12)20-15(23)21-14(10-22)11-4-2-1-3-5-11/h1-9,14,22H,10H2,(H2,20,21,23). The van der Waals surface area contributed by atoms with Gasteiger partial charge >= 0.3 is 12.2 Å². The molecule has 0 spiro atoms. The minimum absolute atomic E-state index is 0.222. The normalized spacial score (nSPS) is 12.5. The summed E-state index contributed by atoms with van der Waals surface area (Å²) in [5.41, 5.74) is 0.152. The highest BCUT2D eigenvalue weighted by atomic mass is 19.4. The lowest BCUT2D eigenvalue weighted by atomic mass is 10.1. The van der Waals surface area contributed by atoms with Gasteiger partial charge in [0.25, 0.3) is 0 Å². The van der Waals surface area contributed by atoms with Crippen molar-refractivity contribution >= 4 is 11.7 Å². The van der Waals surface area contributed by atoms with Gasteiger partial charge in [0.05, 0.1) is 18.2 Å². The highest BCUT2D eigenvalue weighted by Crippen LogP contribution is 2.29. The van der Waals surface area contributed by atoms with Crippen LogP contribution in [-0.2, 0) is 6.18 Å². The number of rotatable bonds is 4. The summed E-state index contributed by atoms with van der Waals surface area (Å²) in [5.74, 6) is 0. The zero-order chi connectivity index (χ0) is 16.9. The monoisotopic (exact) mass is 324 g/mol. The second kappa shape index (κ2) is 7.15. The van der Waals surface area contributed by atoms with Crippen molar-refractivity contribution in [3.8, 4) is 0 Å². The first-order valence-corrected chi connectivity index (χ1v) is 6.80.